The molecule has 1 aliphatic rings. The van der Waals surface area contributed by atoms with E-state index in [1.165, 1.54) is 5.19 Å². The Kier molecular flexibility index (Phi) is 4.76. The number of allylic oxidation sites excluding steroid dienone is 3. The number of carbonyl (C=O) groups excluding carboxylic acids is 1. The van der Waals surface area contributed by atoms with Crippen LogP contribution in [0.15, 0.2) is 53.8 Å². The highest BCUT2D eigenvalue weighted by atomic mass is 28.3. The first-order chi connectivity index (χ1) is 9.49. The maximum absolute atomic E-state index is 11.9. The number of benzene rings is 1. The molecule has 1 aromatic carbocycles. The lowest BCUT2D eigenvalue weighted by Gasteiger charge is -2.19. The van der Waals surface area contributed by atoms with Crippen LogP contribution in [0.4, 0.5) is 0 Å². The third kappa shape index (κ3) is 3.79. The summed E-state index contributed by atoms with van der Waals surface area (Å²) in [4.78, 5) is 11.9. The Bertz CT molecular complexity index is 526. The zero-order valence-corrected chi connectivity index (χ0v) is 13.7. The molecule has 1 atom stereocenters. The smallest absolute Gasteiger partial charge is 0.159 e. The molecule has 0 heterocycles. The van der Waals surface area contributed by atoms with Crippen LogP contribution in [0.3, 0.4) is 0 Å². The molecule has 0 fully saturated rings. The van der Waals surface area contributed by atoms with Gasteiger partial charge in [-0.15, -0.1) is 0 Å². The van der Waals surface area contributed by atoms with Crippen molar-refractivity contribution in [1.29, 1.82) is 0 Å². The molecule has 106 valence electrons. The van der Waals surface area contributed by atoms with Crippen molar-refractivity contribution in [2.75, 3.05) is 0 Å². The van der Waals surface area contributed by atoms with E-state index in [0.29, 0.717) is 11.7 Å². The molecule has 1 nitrogen and oxygen atoms in total. The van der Waals surface area contributed by atoms with Crippen LogP contribution in [0.25, 0.3) is 0 Å². The van der Waals surface area contributed by atoms with E-state index in [4.69, 9.17) is 0 Å². The summed E-state index contributed by atoms with van der Waals surface area (Å²) in [5.41, 5.74) is 3.37. The summed E-state index contributed by atoms with van der Waals surface area (Å²) in [5, 5.41) is 1.44. The Labute approximate surface area is 123 Å². The van der Waals surface area contributed by atoms with Crippen molar-refractivity contribution < 1.29 is 4.79 Å². The fourth-order valence-corrected chi connectivity index (χ4v) is 4.58. The van der Waals surface area contributed by atoms with Crippen LogP contribution in [0.2, 0.25) is 13.1 Å². The molecular weight excluding hydrogens is 260 g/mol. The van der Waals surface area contributed by atoms with Gasteiger partial charge in [0.1, 0.15) is 8.07 Å². The van der Waals surface area contributed by atoms with E-state index in [2.05, 4.69) is 68.2 Å². The van der Waals surface area contributed by atoms with Crippen molar-refractivity contribution in [3.8, 4) is 0 Å². The summed E-state index contributed by atoms with van der Waals surface area (Å²) in [7, 11) is -1.52. The molecule has 0 radical (unpaired) electrons. The molecule has 0 saturated heterocycles. The first-order valence-corrected chi connectivity index (χ1v) is 10.5. The van der Waals surface area contributed by atoms with Gasteiger partial charge in [0.05, 0.1) is 0 Å². The average Bonchev–Trinajstić information content (AvgIpc) is 2.42. The third-order valence-electron chi connectivity index (χ3n) is 4.05. The fourth-order valence-electron chi connectivity index (χ4n) is 2.63. The molecule has 20 heavy (non-hydrogen) atoms. The lowest BCUT2D eigenvalue weighted by atomic mass is 9.89. The van der Waals surface area contributed by atoms with Crippen molar-refractivity contribution in [2.45, 2.75) is 39.3 Å². The number of rotatable bonds is 4. The highest BCUT2D eigenvalue weighted by molar-refractivity contribution is 6.93. The van der Waals surface area contributed by atoms with E-state index >= 15 is 0 Å². The van der Waals surface area contributed by atoms with E-state index < -0.39 is 8.07 Å². The second kappa shape index (κ2) is 6.36. The summed E-state index contributed by atoms with van der Waals surface area (Å²) in [5.74, 6) is 0.859. The Hall–Kier alpha value is -1.41. The maximum Gasteiger partial charge on any atom is 0.159 e. The highest BCUT2D eigenvalue weighted by Crippen LogP contribution is 2.22. The molecule has 0 amide bonds. The number of carbonyl (C=O) groups is 1. The summed E-state index contributed by atoms with van der Waals surface area (Å²) < 4.78 is 0. The molecule has 0 saturated carbocycles. The Morgan fingerprint density at radius 2 is 1.95 bits per heavy atom. The molecule has 2 heteroatoms. The lowest BCUT2D eigenvalue weighted by Crippen LogP contribution is -2.39. The number of hydrogen-bond donors (Lipinski definition) is 0. The monoisotopic (exact) mass is 284 g/mol. The predicted molar refractivity (Wildman–Crippen MR) is 88.8 cm³/mol. The van der Waals surface area contributed by atoms with Crippen molar-refractivity contribution in [2.24, 2.45) is 5.92 Å². The maximum atomic E-state index is 11.9. The molecule has 0 aromatic heterocycles. The van der Waals surface area contributed by atoms with E-state index in [0.717, 1.165) is 24.8 Å². The van der Waals surface area contributed by atoms with Crippen LogP contribution in [-0.4, -0.2) is 13.9 Å². The zero-order valence-electron chi connectivity index (χ0n) is 12.7. The lowest BCUT2D eigenvalue weighted by molar-refractivity contribution is -0.116. The van der Waals surface area contributed by atoms with Crippen molar-refractivity contribution in [1.82, 2.24) is 0 Å². The first kappa shape index (κ1) is 15.0. The largest absolute Gasteiger partial charge is 0.295 e. The molecule has 0 unspecified atom stereocenters. The minimum atomic E-state index is -1.52. The van der Waals surface area contributed by atoms with Gasteiger partial charge in [0.2, 0.25) is 0 Å². The minimum Gasteiger partial charge on any atom is -0.295 e. The van der Waals surface area contributed by atoms with Gasteiger partial charge in [-0.1, -0.05) is 73.4 Å². The van der Waals surface area contributed by atoms with Crippen molar-refractivity contribution in [3.63, 3.8) is 0 Å². The molecule has 1 aliphatic carbocycles. The fraction of sp³-hybridized carbons (Fsp3) is 0.389. The Morgan fingerprint density at radius 3 is 2.60 bits per heavy atom. The van der Waals surface area contributed by atoms with Crippen LogP contribution < -0.4 is 5.19 Å². The minimum absolute atomic E-state index is 0.340. The van der Waals surface area contributed by atoms with Crippen molar-refractivity contribution in [3.05, 3.63) is 53.8 Å². The van der Waals surface area contributed by atoms with Crippen LogP contribution >= 0.6 is 0 Å². The standard InChI is InChI=1S/C18H24OSi/c1-15-11-12-16(18(19)14-15)8-7-13-20(2,3)17-9-5-4-6-10-17/h4-7,9-10,12-13,15H,8,11,14H2,1-3H3/b13-7+/t15-/m1/s1. The van der Waals surface area contributed by atoms with Crippen LogP contribution in [-0.2, 0) is 4.79 Å². The number of ketones is 1. The SMILES string of the molecule is C[C@@H]1CC=C(C/C=C/[Si](C)(C)c2ccccc2)C(=O)C1. The zero-order chi connectivity index (χ0) is 14.6. The van der Waals surface area contributed by atoms with E-state index in [9.17, 15) is 4.79 Å². The molecule has 0 N–H and O–H groups in total. The molecule has 1 aromatic rings. The molecular formula is C18H24OSi. The Balaban J connectivity index is 2.01. The van der Waals surface area contributed by atoms with E-state index in [1.807, 2.05) is 0 Å². The van der Waals surface area contributed by atoms with Crippen molar-refractivity contribution >= 4 is 19.0 Å². The van der Waals surface area contributed by atoms with Gasteiger partial charge >= 0.3 is 0 Å². The predicted octanol–water partition coefficient (Wildman–Crippen LogP) is 4.01. The van der Waals surface area contributed by atoms with E-state index in [1.54, 1.807) is 0 Å². The van der Waals surface area contributed by atoms with Gasteiger partial charge in [0, 0.05) is 6.42 Å². The quantitative estimate of drug-likeness (QED) is 0.763. The summed E-state index contributed by atoms with van der Waals surface area (Å²) in [6.45, 7) is 6.84. The van der Waals surface area contributed by atoms with Gasteiger partial charge in [-0.05, 0) is 24.3 Å². The average molecular weight is 284 g/mol. The first-order valence-electron chi connectivity index (χ1n) is 7.44. The van der Waals surface area contributed by atoms with E-state index in [-0.39, 0.29) is 0 Å². The molecule has 0 bridgehead atoms. The second-order valence-corrected chi connectivity index (χ2v) is 10.7. The molecule has 2 rings (SSSR count). The number of hydrogen-bond acceptors (Lipinski definition) is 1. The highest BCUT2D eigenvalue weighted by Gasteiger charge is 2.20. The van der Waals surface area contributed by atoms with Gasteiger partial charge in [-0.25, -0.2) is 0 Å². The topological polar surface area (TPSA) is 17.1 Å². The third-order valence-corrected chi connectivity index (χ3v) is 6.94. The number of Topliss-reactive ketones (excluding diaryl/α,β-unsaturated/α-hetero) is 1. The summed E-state index contributed by atoms with van der Waals surface area (Å²) in [6, 6.07) is 10.7. The van der Waals surface area contributed by atoms with Crippen LogP contribution in [0, 0.1) is 5.92 Å². The summed E-state index contributed by atoms with van der Waals surface area (Å²) in [6.07, 6.45) is 6.92. The Morgan fingerprint density at radius 1 is 1.25 bits per heavy atom. The summed E-state index contributed by atoms with van der Waals surface area (Å²) >= 11 is 0. The van der Waals surface area contributed by atoms with Gasteiger partial charge in [-0.3, -0.25) is 4.79 Å². The van der Waals surface area contributed by atoms with Gasteiger partial charge in [-0.2, -0.15) is 0 Å². The van der Waals surface area contributed by atoms with Crippen LogP contribution in [0.1, 0.15) is 26.2 Å². The second-order valence-electron chi connectivity index (χ2n) is 6.39. The van der Waals surface area contributed by atoms with Crippen LogP contribution in [0.5, 0.6) is 0 Å². The van der Waals surface area contributed by atoms with Gasteiger partial charge in [0.15, 0.2) is 5.78 Å². The normalized spacial score (nSPS) is 20.2. The molecule has 0 aliphatic heterocycles. The molecule has 0 spiro atoms. The van der Waals surface area contributed by atoms with Gasteiger partial charge in [0.25, 0.3) is 0 Å². The van der Waals surface area contributed by atoms with Gasteiger partial charge < -0.3 is 0 Å².